The highest BCUT2D eigenvalue weighted by Gasteiger charge is 2.40. The molecule has 2 rings (SSSR count). The van der Waals surface area contributed by atoms with E-state index in [1.807, 2.05) is 13.1 Å². The summed E-state index contributed by atoms with van der Waals surface area (Å²) in [6.45, 7) is 1.41. The second-order valence-corrected chi connectivity index (χ2v) is 5.93. The lowest BCUT2D eigenvalue weighted by atomic mass is 9.82. The highest BCUT2D eigenvalue weighted by molar-refractivity contribution is 9.10. The summed E-state index contributed by atoms with van der Waals surface area (Å²) in [6, 6.07) is 5.27. The van der Waals surface area contributed by atoms with Crippen molar-refractivity contribution in [3.05, 3.63) is 34.1 Å². The Morgan fingerprint density at radius 2 is 2.15 bits per heavy atom. The second kappa shape index (κ2) is 6.98. The van der Waals surface area contributed by atoms with Crippen LogP contribution in [-0.2, 0) is 15.9 Å². The first-order chi connectivity index (χ1) is 9.63. The normalized spacial score (nSPS) is 19.8. The number of hydrogen-bond donors (Lipinski definition) is 1. The summed E-state index contributed by atoms with van der Waals surface area (Å²) in [4.78, 5) is 0. The van der Waals surface area contributed by atoms with E-state index in [1.165, 1.54) is 6.07 Å². The topological polar surface area (TPSA) is 30.5 Å². The first kappa shape index (κ1) is 15.9. The van der Waals surface area contributed by atoms with Crippen molar-refractivity contribution >= 4 is 15.9 Å². The molecule has 0 spiro atoms. The molecule has 1 atom stereocenters. The molecule has 3 nitrogen and oxygen atoms in total. The van der Waals surface area contributed by atoms with Crippen LogP contribution in [0.1, 0.15) is 18.4 Å². The molecule has 1 unspecified atom stereocenters. The van der Waals surface area contributed by atoms with Crippen molar-refractivity contribution in [3.63, 3.8) is 0 Å². The third kappa shape index (κ3) is 3.22. The van der Waals surface area contributed by atoms with E-state index in [2.05, 4.69) is 21.2 Å². The maximum atomic E-state index is 13.6. The summed E-state index contributed by atoms with van der Waals surface area (Å²) < 4.78 is 25.4. The van der Waals surface area contributed by atoms with Crippen molar-refractivity contribution < 1.29 is 13.9 Å². The minimum Gasteiger partial charge on any atom is -0.381 e. The van der Waals surface area contributed by atoms with Crippen LogP contribution >= 0.6 is 15.9 Å². The Morgan fingerprint density at radius 1 is 1.45 bits per heavy atom. The summed E-state index contributed by atoms with van der Waals surface area (Å²) in [7, 11) is 3.67. The Kier molecular flexibility index (Phi) is 5.55. The third-order valence-corrected chi connectivity index (χ3v) is 5.07. The Balaban J connectivity index is 2.21. The van der Waals surface area contributed by atoms with E-state index in [1.54, 1.807) is 13.2 Å². The average Bonchev–Trinajstić information content (AvgIpc) is 2.49. The third-order valence-electron chi connectivity index (χ3n) is 4.18. The number of nitrogens with one attached hydrogen (secondary N) is 1. The maximum absolute atomic E-state index is 13.6. The summed E-state index contributed by atoms with van der Waals surface area (Å²) in [5.74, 6) is -0.226. The van der Waals surface area contributed by atoms with Gasteiger partial charge in [-0.2, -0.15) is 0 Å². The molecule has 0 saturated carbocycles. The summed E-state index contributed by atoms with van der Waals surface area (Å²) in [6.07, 6.45) is 2.41. The molecular formula is C15H21BrFNO2. The number of hydrogen-bond acceptors (Lipinski definition) is 3. The van der Waals surface area contributed by atoms with Crippen molar-refractivity contribution in [1.29, 1.82) is 0 Å². The lowest BCUT2D eigenvalue weighted by Gasteiger charge is -2.42. The SMILES string of the molecule is CNC(Cc1cccc(F)c1Br)C1(OC)CCOCC1. The van der Waals surface area contributed by atoms with Crippen LogP contribution in [0, 0.1) is 5.82 Å². The van der Waals surface area contributed by atoms with E-state index in [9.17, 15) is 4.39 Å². The fraction of sp³-hybridized carbons (Fsp3) is 0.600. The number of rotatable bonds is 5. The lowest BCUT2D eigenvalue weighted by Crippen LogP contribution is -2.55. The molecular weight excluding hydrogens is 325 g/mol. The predicted molar refractivity (Wildman–Crippen MR) is 80.4 cm³/mol. The maximum Gasteiger partial charge on any atom is 0.137 e. The van der Waals surface area contributed by atoms with Gasteiger partial charge in [0.15, 0.2) is 0 Å². The lowest BCUT2D eigenvalue weighted by molar-refractivity contribution is -0.109. The molecule has 112 valence electrons. The largest absolute Gasteiger partial charge is 0.381 e. The molecule has 5 heteroatoms. The molecule has 1 aliphatic rings. The van der Waals surface area contributed by atoms with Gasteiger partial charge in [-0.25, -0.2) is 4.39 Å². The van der Waals surface area contributed by atoms with Gasteiger partial charge in [0.2, 0.25) is 0 Å². The number of likely N-dealkylation sites (N-methyl/N-ethyl adjacent to an activating group) is 1. The van der Waals surface area contributed by atoms with Crippen molar-refractivity contribution in [2.75, 3.05) is 27.4 Å². The zero-order chi connectivity index (χ0) is 14.6. The van der Waals surface area contributed by atoms with Crippen molar-refractivity contribution in [1.82, 2.24) is 5.32 Å². The summed E-state index contributed by atoms with van der Waals surface area (Å²) >= 11 is 3.33. The van der Waals surface area contributed by atoms with Gasteiger partial charge in [0.25, 0.3) is 0 Å². The van der Waals surface area contributed by atoms with E-state index < -0.39 is 0 Å². The molecule has 1 saturated heterocycles. The van der Waals surface area contributed by atoms with Crippen LogP contribution in [0.3, 0.4) is 0 Å². The highest BCUT2D eigenvalue weighted by atomic mass is 79.9. The van der Waals surface area contributed by atoms with Gasteiger partial charge in [0, 0.05) is 39.2 Å². The van der Waals surface area contributed by atoms with E-state index in [4.69, 9.17) is 9.47 Å². The number of methoxy groups -OCH3 is 1. The van der Waals surface area contributed by atoms with Gasteiger partial charge in [0.05, 0.1) is 10.1 Å². The standard InChI is InChI=1S/C15H21BrFNO2/c1-18-13(15(19-2)6-8-20-9-7-15)10-11-4-3-5-12(17)14(11)16/h3-5,13,18H,6-10H2,1-2H3. The first-order valence-corrected chi connectivity index (χ1v) is 7.65. The van der Waals surface area contributed by atoms with Crippen LogP contribution in [0.25, 0.3) is 0 Å². The molecule has 1 N–H and O–H groups in total. The molecule has 0 aliphatic carbocycles. The van der Waals surface area contributed by atoms with Crippen molar-refractivity contribution in [2.24, 2.45) is 0 Å². The fourth-order valence-electron chi connectivity index (χ4n) is 2.89. The van der Waals surface area contributed by atoms with Crippen LogP contribution in [0.15, 0.2) is 22.7 Å². The molecule has 0 bridgehead atoms. The molecule has 0 aromatic heterocycles. The Hall–Kier alpha value is -0.490. The van der Waals surface area contributed by atoms with Gasteiger partial charge in [-0.3, -0.25) is 0 Å². The Bertz CT molecular complexity index is 449. The van der Waals surface area contributed by atoms with Gasteiger partial charge in [0.1, 0.15) is 5.82 Å². The van der Waals surface area contributed by atoms with Crippen LogP contribution in [-0.4, -0.2) is 39.0 Å². The molecule has 0 radical (unpaired) electrons. The number of halogens is 2. The molecule has 0 amide bonds. The minimum atomic E-state index is -0.251. The first-order valence-electron chi connectivity index (χ1n) is 6.86. The van der Waals surface area contributed by atoms with Gasteiger partial charge in [-0.15, -0.1) is 0 Å². The second-order valence-electron chi connectivity index (χ2n) is 5.14. The summed E-state index contributed by atoms with van der Waals surface area (Å²) in [5, 5.41) is 3.33. The highest BCUT2D eigenvalue weighted by Crippen LogP contribution is 2.31. The van der Waals surface area contributed by atoms with E-state index in [-0.39, 0.29) is 17.5 Å². The molecule has 1 aromatic rings. The van der Waals surface area contributed by atoms with E-state index in [0.29, 0.717) is 24.1 Å². The molecule has 1 heterocycles. The van der Waals surface area contributed by atoms with Crippen LogP contribution < -0.4 is 5.32 Å². The molecule has 1 aromatic carbocycles. The smallest absolute Gasteiger partial charge is 0.137 e. The number of benzene rings is 1. The fourth-order valence-corrected chi connectivity index (χ4v) is 3.32. The molecule has 1 fully saturated rings. The Morgan fingerprint density at radius 3 is 2.75 bits per heavy atom. The van der Waals surface area contributed by atoms with Crippen LogP contribution in [0.4, 0.5) is 4.39 Å². The number of ether oxygens (including phenoxy) is 2. The van der Waals surface area contributed by atoms with E-state index in [0.717, 1.165) is 18.4 Å². The van der Waals surface area contributed by atoms with Gasteiger partial charge in [-0.1, -0.05) is 12.1 Å². The van der Waals surface area contributed by atoms with Crippen molar-refractivity contribution in [3.8, 4) is 0 Å². The van der Waals surface area contributed by atoms with Gasteiger partial charge >= 0.3 is 0 Å². The van der Waals surface area contributed by atoms with Gasteiger partial charge in [-0.05, 0) is 41.0 Å². The van der Waals surface area contributed by atoms with Crippen LogP contribution in [0.5, 0.6) is 0 Å². The van der Waals surface area contributed by atoms with Crippen LogP contribution in [0.2, 0.25) is 0 Å². The zero-order valence-corrected chi connectivity index (χ0v) is 13.5. The van der Waals surface area contributed by atoms with E-state index >= 15 is 0 Å². The summed E-state index contributed by atoms with van der Waals surface area (Å²) in [5.41, 5.74) is 0.700. The molecule has 1 aliphatic heterocycles. The van der Waals surface area contributed by atoms with Gasteiger partial charge < -0.3 is 14.8 Å². The van der Waals surface area contributed by atoms with Crippen molar-refractivity contribution in [2.45, 2.75) is 30.9 Å². The Labute approximate surface area is 128 Å². The minimum absolute atomic E-state index is 0.120. The monoisotopic (exact) mass is 345 g/mol. The average molecular weight is 346 g/mol. The predicted octanol–water partition coefficient (Wildman–Crippen LogP) is 2.91. The zero-order valence-electron chi connectivity index (χ0n) is 11.9. The molecule has 20 heavy (non-hydrogen) atoms. The quantitative estimate of drug-likeness (QED) is 0.889.